The molecule has 0 saturated carbocycles. The maximum atomic E-state index is 12.7. The third-order valence-electron chi connectivity index (χ3n) is 4.59. The maximum absolute atomic E-state index is 12.7. The highest BCUT2D eigenvalue weighted by Gasteiger charge is 2.36. The molecule has 0 radical (unpaired) electrons. The van der Waals surface area contributed by atoms with Crippen molar-refractivity contribution in [2.75, 3.05) is 30.9 Å². The normalized spacial score (nSPS) is 15.1. The number of rotatable bonds is 5. The first-order valence-corrected chi connectivity index (χ1v) is 10.9. The summed E-state index contributed by atoms with van der Waals surface area (Å²) in [5.41, 5.74) is 4.39. The topological polar surface area (TPSA) is 69.7 Å². The number of anilines is 2. The number of aryl methyl sites for hydroxylation is 2. The van der Waals surface area contributed by atoms with Gasteiger partial charge in [-0.15, -0.1) is 0 Å². The molecule has 1 heterocycles. The molecule has 0 spiro atoms. The number of amides is 3. The Bertz CT molecular complexity index is 1070. The van der Waals surface area contributed by atoms with Crippen molar-refractivity contribution >= 4 is 62.2 Å². The summed E-state index contributed by atoms with van der Waals surface area (Å²) in [6.07, 6.45) is 1.66. The van der Waals surface area contributed by atoms with Crippen molar-refractivity contribution in [1.82, 2.24) is 4.90 Å². The Labute approximate surface area is 188 Å². The Balaban J connectivity index is 1.73. The monoisotopic (exact) mass is 487 g/mol. The van der Waals surface area contributed by atoms with E-state index in [1.54, 1.807) is 6.08 Å². The minimum Gasteiger partial charge on any atom is -0.377 e. The Morgan fingerprint density at radius 1 is 1.17 bits per heavy atom. The van der Waals surface area contributed by atoms with E-state index in [1.807, 2.05) is 69.2 Å². The van der Waals surface area contributed by atoms with E-state index in [4.69, 9.17) is 0 Å². The molecule has 6 nitrogen and oxygen atoms in total. The highest BCUT2D eigenvalue weighted by atomic mass is 79.9. The highest BCUT2D eigenvalue weighted by Crippen LogP contribution is 2.33. The molecule has 3 rings (SSSR count). The van der Waals surface area contributed by atoms with Gasteiger partial charge in [0, 0.05) is 24.3 Å². The summed E-state index contributed by atoms with van der Waals surface area (Å²) in [5, 5.41) is 2.33. The summed E-state index contributed by atoms with van der Waals surface area (Å²) >= 11 is 4.36. The smallest absolute Gasteiger partial charge is 0.294 e. The summed E-state index contributed by atoms with van der Waals surface area (Å²) in [7, 11) is 3.88. The van der Waals surface area contributed by atoms with Crippen LogP contribution >= 0.6 is 27.7 Å². The lowest BCUT2D eigenvalue weighted by Gasteiger charge is -2.15. The Morgan fingerprint density at radius 3 is 2.57 bits per heavy atom. The minimum absolute atomic E-state index is 0.295. The fourth-order valence-corrected chi connectivity index (χ4v) is 4.56. The van der Waals surface area contributed by atoms with Crippen molar-refractivity contribution < 1.29 is 14.4 Å². The van der Waals surface area contributed by atoms with Crippen LogP contribution in [0, 0.1) is 13.8 Å². The van der Waals surface area contributed by atoms with Gasteiger partial charge in [-0.05, 0) is 82.5 Å². The van der Waals surface area contributed by atoms with E-state index in [0.29, 0.717) is 10.6 Å². The zero-order valence-electron chi connectivity index (χ0n) is 17.2. The van der Waals surface area contributed by atoms with E-state index in [2.05, 4.69) is 21.2 Å². The van der Waals surface area contributed by atoms with E-state index < -0.39 is 17.1 Å². The first-order valence-electron chi connectivity index (χ1n) is 9.25. The molecule has 30 heavy (non-hydrogen) atoms. The van der Waals surface area contributed by atoms with Gasteiger partial charge in [-0.2, -0.15) is 0 Å². The van der Waals surface area contributed by atoms with Gasteiger partial charge in [-0.25, -0.2) is 0 Å². The second-order valence-corrected chi connectivity index (χ2v) is 9.09. The second kappa shape index (κ2) is 9.06. The van der Waals surface area contributed by atoms with Crippen molar-refractivity contribution in [1.29, 1.82) is 0 Å². The largest absolute Gasteiger partial charge is 0.377 e. The van der Waals surface area contributed by atoms with Crippen LogP contribution in [0.1, 0.15) is 16.7 Å². The highest BCUT2D eigenvalue weighted by molar-refractivity contribution is 9.10. The van der Waals surface area contributed by atoms with Gasteiger partial charge >= 0.3 is 0 Å². The van der Waals surface area contributed by atoms with Crippen molar-refractivity contribution in [2.45, 2.75) is 13.8 Å². The zero-order valence-corrected chi connectivity index (χ0v) is 19.6. The van der Waals surface area contributed by atoms with Crippen LogP contribution in [0.15, 0.2) is 45.8 Å². The van der Waals surface area contributed by atoms with Crippen LogP contribution in [0.2, 0.25) is 0 Å². The van der Waals surface area contributed by atoms with Crippen molar-refractivity contribution in [2.24, 2.45) is 0 Å². The predicted molar refractivity (Wildman–Crippen MR) is 126 cm³/mol. The Morgan fingerprint density at radius 2 is 1.90 bits per heavy atom. The molecule has 156 valence electrons. The second-order valence-electron chi connectivity index (χ2n) is 7.24. The van der Waals surface area contributed by atoms with E-state index in [-0.39, 0.29) is 6.54 Å². The Hall–Kier alpha value is -2.58. The Kier molecular flexibility index (Phi) is 6.67. The van der Waals surface area contributed by atoms with Crippen LogP contribution < -0.4 is 10.2 Å². The quantitative estimate of drug-likeness (QED) is 0.612. The average molecular weight is 488 g/mol. The summed E-state index contributed by atoms with van der Waals surface area (Å²) in [5.74, 6) is -0.876. The number of hydrogen-bond donors (Lipinski definition) is 1. The van der Waals surface area contributed by atoms with Gasteiger partial charge in [0.25, 0.3) is 11.1 Å². The number of carbonyl (C=O) groups excluding carboxylic acids is 3. The number of hydrogen-bond acceptors (Lipinski definition) is 5. The minimum atomic E-state index is -0.464. The van der Waals surface area contributed by atoms with Gasteiger partial charge in [0.05, 0.1) is 10.6 Å². The molecule has 1 N–H and O–H groups in total. The molecule has 1 aliphatic heterocycles. The molecule has 0 aromatic heterocycles. The average Bonchev–Trinajstić information content (AvgIpc) is 2.92. The van der Waals surface area contributed by atoms with Gasteiger partial charge in [0.2, 0.25) is 5.91 Å². The first kappa shape index (κ1) is 22.1. The van der Waals surface area contributed by atoms with Crippen molar-refractivity contribution in [3.63, 3.8) is 0 Å². The van der Waals surface area contributed by atoms with Gasteiger partial charge in [0.1, 0.15) is 6.54 Å². The van der Waals surface area contributed by atoms with Crippen LogP contribution in [0.3, 0.4) is 0 Å². The van der Waals surface area contributed by atoms with E-state index in [9.17, 15) is 14.4 Å². The van der Waals surface area contributed by atoms with Gasteiger partial charge in [-0.3, -0.25) is 19.3 Å². The molecule has 1 fully saturated rings. The van der Waals surface area contributed by atoms with Gasteiger partial charge < -0.3 is 10.2 Å². The van der Waals surface area contributed by atoms with Crippen molar-refractivity contribution in [3.05, 3.63) is 62.5 Å². The fourth-order valence-electron chi connectivity index (χ4n) is 2.97. The maximum Gasteiger partial charge on any atom is 0.294 e. The number of nitrogens with one attached hydrogen (secondary N) is 1. The number of nitrogens with zero attached hydrogens (tertiary/aromatic N) is 2. The van der Waals surface area contributed by atoms with Crippen molar-refractivity contribution in [3.8, 4) is 0 Å². The molecule has 0 unspecified atom stereocenters. The number of carbonyl (C=O) groups is 3. The molecule has 0 aliphatic carbocycles. The van der Waals surface area contributed by atoms with Gasteiger partial charge in [-0.1, -0.05) is 18.2 Å². The molecular weight excluding hydrogens is 466 g/mol. The lowest BCUT2D eigenvalue weighted by Crippen LogP contribution is -2.36. The molecule has 0 atom stereocenters. The predicted octanol–water partition coefficient (Wildman–Crippen LogP) is 4.81. The summed E-state index contributed by atoms with van der Waals surface area (Å²) in [6, 6.07) is 11.4. The molecule has 1 aliphatic rings. The lowest BCUT2D eigenvalue weighted by molar-refractivity contribution is -0.127. The van der Waals surface area contributed by atoms with Crippen LogP contribution in [0.25, 0.3) is 6.08 Å². The summed E-state index contributed by atoms with van der Waals surface area (Å²) < 4.78 is 0.883. The number of thioether (sulfide) groups is 1. The van der Waals surface area contributed by atoms with E-state index >= 15 is 0 Å². The SMILES string of the molecule is Cc1ccc(C)c(NC(=O)CN2C(=O)S/C(=C\c3ccc(N(C)C)c(Br)c3)C2=O)c1. The zero-order chi connectivity index (χ0) is 22.0. The third-order valence-corrected chi connectivity index (χ3v) is 6.14. The molecular formula is C22H22BrN3O3S. The van der Waals surface area contributed by atoms with Crippen LogP contribution in [-0.4, -0.2) is 42.6 Å². The molecule has 8 heteroatoms. The third kappa shape index (κ3) is 4.94. The first-order chi connectivity index (χ1) is 14.2. The molecule has 3 amide bonds. The number of benzene rings is 2. The standard InChI is InChI=1S/C22H22BrN3O3S/c1-13-5-6-14(2)17(9-13)24-20(27)12-26-21(28)19(30-22(26)29)11-15-7-8-18(25(3)4)16(23)10-15/h5-11H,12H2,1-4H3,(H,24,27)/b19-11-. The van der Waals surface area contributed by atoms with Crippen LogP contribution in [-0.2, 0) is 9.59 Å². The van der Waals surface area contributed by atoms with E-state index in [1.165, 1.54) is 0 Å². The fraction of sp³-hybridized carbons (Fsp3) is 0.227. The number of imide groups is 1. The van der Waals surface area contributed by atoms with E-state index in [0.717, 1.165) is 43.5 Å². The molecule has 0 bridgehead atoms. The van der Waals surface area contributed by atoms with Gasteiger partial charge in [0.15, 0.2) is 0 Å². The summed E-state index contributed by atoms with van der Waals surface area (Å²) in [4.78, 5) is 40.7. The lowest BCUT2D eigenvalue weighted by atomic mass is 10.1. The van der Waals surface area contributed by atoms with Crippen LogP contribution in [0.4, 0.5) is 16.2 Å². The summed E-state index contributed by atoms with van der Waals surface area (Å²) in [6.45, 7) is 3.50. The number of halogens is 1. The molecule has 2 aromatic rings. The van der Waals surface area contributed by atoms with Crippen LogP contribution in [0.5, 0.6) is 0 Å². The molecule has 1 saturated heterocycles. The molecule has 2 aromatic carbocycles.